The lowest BCUT2D eigenvalue weighted by atomic mass is 10.2. The molecule has 0 spiro atoms. The number of rotatable bonds is 1. The fourth-order valence-electron chi connectivity index (χ4n) is 2.37. The Morgan fingerprint density at radius 1 is 1.10 bits per heavy atom. The van der Waals surface area contributed by atoms with E-state index in [-0.39, 0.29) is 22.8 Å². The van der Waals surface area contributed by atoms with Crippen LogP contribution < -0.4 is 5.56 Å². The van der Waals surface area contributed by atoms with Gasteiger partial charge in [-0.3, -0.25) is 4.79 Å². The lowest BCUT2D eigenvalue weighted by Crippen LogP contribution is -2.05. The summed E-state index contributed by atoms with van der Waals surface area (Å²) in [6.07, 6.45) is 0. The fraction of sp³-hybridized carbons (Fsp3) is 0. The number of benzene rings is 2. The van der Waals surface area contributed by atoms with Crippen LogP contribution in [0.4, 0.5) is 4.39 Å². The molecule has 0 saturated heterocycles. The Morgan fingerprint density at radius 3 is 2.81 bits per heavy atom. The van der Waals surface area contributed by atoms with E-state index >= 15 is 0 Å². The minimum absolute atomic E-state index is 0.216. The summed E-state index contributed by atoms with van der Waals surface area (Å²) >= 11 is 0. The predicted octanol–water partition coefficient (Wildman–Crippen LogP) is 3.48. The van der Waals surface area contributed by atoms with Gasteiger partial charge in [-0.05, 0) is 30.3 Å². The van der Waals surface area contributed by atoms with Crippen LogP contribution in [0.25, 0.3) is 33.5 Å². The van der Waals surface area contributed by atoms with Crippen LogP contribution in [-0.4, -0.2) is 9.97 Å². The van der Waals surface area contributed by atoms with Gasteiger partial charge in [0.05, 0.1) is 5.52 Å². The van der Waals surface area contributed by atoms with Crippen LogP contribution >= 0.6 is 0 Å². The molecule has 0 unspecified atom stereocenters. The van der Waals surface area contributed by atoms with Crippen LogP contribution in [0.5, 0.6) is 0 Å². The maximum Gasteiger partial charge on any atom is 0.278 e. The first-order valence-corrected chi connectivity index (χ1v) is 6.40. The van der Waals surface area contributed by atoms with Gasteiger partial charge in [-0.2, -0.15) is 0 Å². The van der Waals surface area contributed by atoms with Crippen molar-refractivity contribution in [2.24, 2.45) is 0 Å². The summed E-state index contributed by atoms with van der Waals surface area (Å²) < 4.78 is 19.0. The Kier molecular flexibility index (Phi) is 2.41. The zero-order valence-corrected chi connectivity index (χ0v) is 10.8. The molecule has 0 amide bonds. The molecular weight excluding hydrogens is 271 g/mol. The topological polar surface area (TPSA) is 58.9 Å². The van der Waals surface area contributed by atoms with Gasteiger partial charge in [-0.25, -0.2) is 9.37 Å². The highest BCUT2D eigenvalue weighted by Crippen LogP contribution is 2.27. The number of oxazole rings is 1. The summed E-state index contributed by atoms with van der Waals surface area (Å²) in [5, 5.41) is 0.766. The van der Waals surface area contributed by atoms with Gasteiger partial charge in [-0.1, -0.05) is 18.2 Å². The van der Waals surface area contributed by atoms with Crippen molar-refractivity contribution in [3.8, 4) is 11.5 Å². The number of pyridine rings is 1. The summed E-state index contributed by atoms with van der Waals surface area (Å²) in [5.74, 6) is -0.153. The predicted molar refractivity (Wildman–Crippen MR) is 77.5 cm³/mol. The Morgan fingerprint density at radius 2 is 1.95 bits per heavy atom. The molecule has 0 saturated carbocycles. The second-order valence-corrected chi connectivity index (χ2v) is 4.71. The molecule has 0 atom stereocenters. The van der Waals surface area contributed by atoms with Crippen molar-refractivity contribution >= 4 is 22.0 Å². The fourth-order valence-corrected chi connectivity index (χ4v) is 2.37. The van der Waals surface area contributed by atoms with E-state index in [4.69, 9.17) is 4.42 Å². The summed E-state index contributed by atoms with van der Waals surface area (Å²) in [6.45, 7) is 0. The molecule has 102 valence electrons. The zero-order chi connectivity index (χ0) is 14.4. The van der Waals surface area contributed by atoms with Gasteiger partial charge in [0.1, 0.15) is 5.82 Å². The van der Waals surface area contributed by atoms with E-state index in [1.807, 2.05) is 18.2 Å². The SMILES string of the molecule is O=c1[nH]c2ccccc2c2oc(-c3cccc(F)c3)nc12. The first kappa shape index (κ1) is 11.8. The molecule has 0 bridgehead atoms. The Balaban J connectivity index is 2.08. The highest BCUT2D eigenvalue weighted by atomic mass is 19.1. The van der Waals surface area contributed by atoms with Gasteiger partial charge in [0.2, 0.25) is 5.89 Å². The minimum Gasteiger partial charge on any atom is -0.435 e. The van der Waals surface area contributed by atoms with Crippen molar-refractivity contribution in [1.29, 1.82) is 0 Å². The van der Waals surface area contributed by atoms with E-state index in [1.165, 1.54) is 12.1 Å². The number of hydrogen-bond donors (Lipinski definition) is 1. The second-order valence-electron chi connectivity index (χ2n) is 4.71. The van der Waals surface area contributed by atoms with Crippen LogP contribution in [-0.2, 0) is 0 Å². The molecule has 4 aromatic rings. The van der Waals surface area contributed by atoms with Gasteiger partial charge in [0, 0.05) is 10.9 Å². The maximum absolute atomic E-state index is 13.3. The summed E-state index contributed by atoms with van der Waals surface area (Å²) in [6, 6.07) is 13.2. The number of nitrogens with one attached hydrogen (secondary N) is 1. The van der Waals surface area contributed by atoms with E-state index in [0.29, 0.717) is 16.7 Å². The van der Waals surface area contributed by atoms with Crippen molar-refractivity contribution in [3.63, 3.8) is 0 Å². The van der Waals surface area contributed by atoms with Gasteiger partial charge < -0.3 is 9.40 Å². The van der Waals surface area contributed by atoms with Crippen LogP contribution in [0.15, 0.2) is 57.7 Å². The lowest BCUT2D eigenvalue weighted by molar-refractivity contribution is 0.613. The average Bonchev–Trinajstić information content (AvgIpc) is 2.93. The number of aromatic nitrogens is 2. The van der Waals surface area contributed by atoms with E-state index < -0.39 is 0 Å². The van der Waals surface area contributed by atoms with Crippen molar-refractivity contribution in [3.05, 3.63) is 64.7 Å². The molecule has 0 fully saturated rings. The van der Waals surface area contributed by atoms with Gasteiger partial charge in [0.15, 0.2) is 11.1 Å². The third-order valence-electron chi connectivity index (χ3n) is 3.33. The first-order valence-electron chi connectivity index (χ1n) is 6.40. The molecule has 21 heavy (non-hydrogen) atoms. The number of para-hydroxylation sites is 1. The molecule has 0 aliphatic carbocycles. The molecule has 0 aliphatic heterocycles. The third kappa shape index (κ3) is 1.82. The molecule has 2 heterocycles. The molecule has 0 aliphatic rings. The number of nitrogens with zero attached hydrogens (tertiary/aromatic N) is 1. The van der Waals surface area contributed by atoms with Crippen molar-refractivity contribution in [1.82, 2.24) is 9.97 Å². The minimum atomic E-state index is -0.381. The smallest absolute Gasteiger partial charge is 0.278 e. The highest BCUT2D eigenvalue weighted by molar-refractivity contribution is 6.00. The number of aromatic amines is 1. The second kappa shape index (κ2) is 4.28. The highest BCUT2D eigenvalue weighted by Gasteiger charge is 2.14. The van der Waals surface area contributed by atoms with E-state index in [1.54, 1.807) is 18.2 Å². The van der Waals surface area contributed by atoms with Crippen LogP contribution in [0, 0.1) is 5.82 Å². The molecule has 5 heteroatoms. The average molecular weight is 280 g/mol. The first-order chi connectivity index (χ1) is 10.2. The molecule has 0 radical (unpaired) electrons. The summed E-state index contributed by atoms with van der Waals surface area (Å²) in [4.78, 5) is 19.0. The van der Waals surface area contributed by atoms with Gasteiger partial charge >= 0.3 is 0 Å². The van der Waals surface area contributed by atoms with Crippen molar-refractivity contribution in [2.45, 2.75) is 0 Å². The Hall–Kier alpha value is -2.95. The monoisotopic (exact) mass is 280 g/mol. The molecular formula is C16H9FN2O2. The van der Waals surface area contributed by atoms with E-state index in [0.717, 1.165) is 5.39 Å². The van der Waals surface area contributed by atoms with Crippen LogP contribution in [0.3, 0.4) is 0 Å². The Bertz CT molecular complexity index is 1030. The molecule has 4 rings (SSSR count). The summed E-state index contributed by atoms with van der Waals surface area (Å²) in [5.41, 5.74) is 1.48. The molecule has 4 nitrogen and oxygen atoms in total. The van der Waals surface area contributed by atoms with Crippen molar-refractivity contribution in [2.75, 3.05) is 0 Å². The van der Waals surface area contributed by atoms with Crippen LogP contribution in [0.2, 0.25) is 0 Å². The van der Waals surface area contributed by atoms with Gasteiger partial charge in [-0.15, -0.1) is 0 Å². The number of fused-ring (bicyclic) bond motifs is 3. The van der Waals surface area contributed by atoms with E-state index in [9.17, 15) is 9.18 Å². The molecule has 2 aromatic carbocycles. The third-order valence-corrected chi connectivity index (χ3v) is 3.33. The number of halogens is 1. The maximum atomic E-state index is 13.3. The zero-order valence-electron chi connectivity index (χ0n) is 10.8. The van der Waals surface area contributed by atoms with Gasteiger partial charge in [0.25, 0.3) is 5.56 Å². The standard InChI is InChI=1S/C16H9FN2O2/c17-10-5-3-4-9(8-10)16-19-13-14(21-16)11-6-1-2-7-12(11)18-15(13)20/h1-8H,(H,18,20). The Labute approximate surface area is 117 Å². The van der Waals surface area contributed by atoms with Crippen LogP contribution in [0.1, 0.15) is 0 Å². The van der Waals surface area contributed by atoms with E-state index in [2.05, 4.69) is 9.97 Å². The normalized spacial score (nSPS) is 11.3. The molecule has 1 N–H and O–H groups in total. The lowest BCUT2D eigenvalue weighted by Gasteiger charge is -1.96. The number of hydrogen-bond acceptors (Lipinski definition) is 3. The van der Waals surface area contributed by atoms with Crippen molar-refractivity contribution < 1.29 is 8.81 Å². The molecule has 2 aromatic heterocycles. The summed E-state index contributed by atoms with van der Waals surface area (Å²) in [7, 11) is 0. The largest absolute Gasteiger partial charge is 0.435 e. The number of H-pyrrole nitrogens is 1. The quantitative estimate of drug-likeness (QED) is 0.580.